The summed E-state index contributed by atoms with van der Waals surface area (Å²) in [6.45, 7) is 4.85. The summed E-state index contributed by atoms with van der Waals surface area (Å²) in [5, 5.41) is 11.9. The highest BCUT2D eigenvalue weighted by Gasteiger charge is 2.24. The van der Waals surface area contributed by atoms with E-state index in [0.29, 0.717) is 29.1 Å². The van der Waals surface area contributed by atoms with Crippen LogP contribution in [0.25, 0.3) is 39.7 Å². The van der Waals surface area contributed by atoms with Crippen molar-refractivity contribution < 1.29 is 4.42 Å². The lowest BCUT2D eigenvalue weighted by Crippen LogP contribution is -2.32. The fourth-order valence-corrected chi connectivity index (χ4v) is 5.34. The van der Waals surface area contributed by atoms with Crippen LogP contribution in [0.1, 0.15) is 36.0 Å². The van der Waals surface area contributed by atoms with Crippen molar-refractivity contribution in [1.29, 1.82) is 0 Å². The third-order valence-electron chi connectivity index (χ3n) is 7.37. The van der Waals surface area contributed by atoms with Gasteiger partial charge in [0.25, 0.3) is 5.78 Å². The van der Waals surface area contributed by atoms with E-state index in [1.165, 1.54) is 5.56 Å². The molecule has 5 heterocycles. The monoisotopic (exact) mass is 516 g/mol. The van der Waals surface area contributed by atoms with Gasteiger partial charge in [0.2, 0.25) is 5.82 Å². The van der Waals surface area contributed by atoms with Crippen LogP contribution >= 0.6 is 0 Å². The molecule has 0 saturated carbocycles. The van der Waals surface area contributed by atoms with E-state index >= 15 is 0 Å². The Labute approximate surface area is 225 Å². The van der Waals surface area contributed by atoms with Crippen LogP contribution in [0, 0.1) is 6.92 Å². The van der Waals surface area contributed by atoms with E-state index in [1.54, 1.807) is 10.8 Å². The quantitative estimate of drug-likeness (QED) is 0.311. The second kappa shape index (κ2) is 9.92. The number of furan rings is 1. The van der Waals surface area contributed by atoms with Gasteiger partial charge in [-0.05, 0) is 56.1 Å². The van der Waals surface area contributed by atoms with Gasteiger partial charge < -0.3 is 4.42 Å². The van der Waals surface area contributed by atoms with Gasteiger partial charge in [0.15, 0.2) is 5.76 Å². The molecule has 7 rings (SSSR count). The molecule has 0 atom stereocenters. The Hall–Kier alpha value is -4.63. The number of aromatic nitrogens is 7. The zero-order chi connectivity index (χ0) is 26.2. The first-order valence-corrected chi connectivity index (χ1v) is 13.3. The number of piperidine rings is 1. The normalized spacial score (nSPS) is 14.8. The Bertz CT molecular complexity index is 1700. The standard InChI is InChI=1S/C30H28N8O/c1-20-31-30-32-27(25(19-38(30)36-20)22-6-3-2-4-7-22)23-11-9-21(10-12-23)18-37-15-13-24(14-16-37)28-33-29(35-34-28)26-8-5-17-39-26/h2-12,17,19,24H,13-16,18H2,1H3,(H,33,34,35). The Kier molecular flexibility index (Phi) is 5.97. The Morgan fingerprint density at radius 2 is 1.72 bits per heavy atom. The topological polar surface area (TPSA) is 101 Å². The minimum Gasteiger partial charge on any atom is -0.461 e. The maximum atomic E-state index is 5.42. The van der Waals surface area contributed by atoms with E-state index < -0.39 is 0 Å². The van der Waals surface area contributed by atoms with Crippen molar-refractivity contribution in [1.82, 2.24) is 39.7 Å². The van der Waals surface area contributed by atoms with Gasteiger partial charge in [0.1, 0.15) is 11.6 Å². The minimum atomic E-state index is 0.387. The van der Waals surface area contributed by atoms with Crippen molar-refractivity contribution in [2.75, 3.05) is 13.1 Å². The van der Waals surface area contributed by atoms with Crippen LogP contribution in [-0.4, -0.2) is 52.8 Å². The first kappa shape index (κ1) is 23.5. The number of rotatable bonds is 6. The molecule has 9 heteroatoms. The van der Waals surface area contributed by atoms with E-state index in [1.807, 2.05) is 43.5 Å². The molecule has 6 aromatic rings. The Morgan fingerprint density at radius 1 is 0.897 bits per heavy atom. The molecule has 2 aromatic carbocycles. The number of hydrogen-bond acceptors (Lipinski definition) is 7. The minimum absolute atomic E-state index is 0.387. The molecule has 0 amide bonds. The van der Waals surface area contributed by atoms with Crippen molar-refractivity contribution in [3.05, 3.63) is 96.4 Å². The third kappa shape index (κ3) is 4.72. The van der Waals surface area contributed by atoms with Gasteiger partial charge in [0.05, 0.1) is 12.0 Å². The van der Waals surface area contributed by atoms with Gasteiger partial charge in [-0.25, -0.2) is 14.5 Å². The number of nitrogens with one attached hydrogen (secondary N) is 1. The predicted molar refractivity (Wildman–Crippen MR) is 148 cm³/mol. The van der Waals surface area contributed by atoms with E-state index in [0.717, 1.165) is 60.7 Å². The number of aryl methyl sites for hydroxylation is 1. The van der Waals surface area contributed by atoms with Gasteiger partial charge >= 0.3 is 0 Å². The van der Waals surface area contributed by atoms with Crippen molar-refractivity contribution in [3.8, 4) is 34.0 Å². The third-order valence-corrected chi connectivity index (χ3v) is 7.37. The van der Waals surface area contributed by atoms with Crippen LogP contribution in [0.2, 0.25) is 0 Å². The summed E-state index contributed by atoms with van der Waals surface area (Å²) in [7, 11) is 0. The number of H-pyrrole nitrogens is 1. The van der Waals surface area contributed by atoms with Gasteiger partial charge in [-0.3, -0.25) is 10.00 Å². The molecule has 1 aliphatic rings. The molecule has 9 nitrogen and oxygen atoms in total. The molecule has 0 radical (unpaired) electrons. The zero-order valence-corrected chi connectivity index (χ0v) is 21.7. The second-order valence-corrected chi connectivity index (χ2v) is 10.0. The summed E-state index contributed by atoms with van der Waals surface area (Å²) in [6, 6.07) is 22.8. The van der Waals surface area contributed by atoms with Gasteiger partial charge in [-0.2, -0.15) is 15.2 Å². The molecule has 39 heavy (non-hydrogen) atoms. The molecule has 4 aromatic heterocycles. The molecular formula is C30H28N8O. The fraction of sp³-hybridized carbons (Fsp3) is 0.233. The highest BCUT2D eigenvalue weighted by molar-refractivity contribution is 5.81. The fourth-order valence-electron chi connectivity index (χ4n) is 5.34. The van der Waals surface area contributed by atoms with Crippen molar-refractivity contribution >= 4 is 5.78 Å². The van der Waals surface area contributed by atoms with E-state index in [2.05, 4.69) is 66.6 Å². The molecule has 0 spiro atoms. The maximum absolute atomic E-state index is 5.42. The van der Waals surface area contributed by atoms with Crippen LogP contribution in [0.3, 0.4) is 0 Å². The van der Waals surface area contributed by atoms with Gasteiger partial charge in [-0.15, -0.1) is 0 Å². The SMILES string of the molecule is Cc1nc2nc(-c3ccc(CN4CCC(c5nc(-c6ccco6)n[nH]5)CC4)cc3)c(-c3ccccc3)cn2n1. The number of aromatic amines is 1. The number of fused-ring (bicyclic) bond motifs is 1. The molecular weight excluding hydrogens is 488 g/mol. The Balaban J connectivity index is 1.06. The van der Waals surface area contributed by atoms with E-state index in [4.69, 9.17) is 9.40 Å². The second-order valence-electron chi connectivity index (χ2n) is 10.0. The number of benzene rings is 2. The highest BCUT2D eigenvalue weighted by atomic mass is 16.3. The van der Waals surface area contributed by atoms with Crippen LogP contribution in [0.4, 0.5) is 0 Å². The largest absolute Gasteiger partial charge is 0.461 e. The van der Waals surface area contributed by atoms with Gasteiger partial charge in [0, 0.05) is 29.8 Å². The molecule has 1 N–H and O–H groups in total. The van der Waals surface area contributed by atoms with Crippen LogP contribution in [-0.2, 0) is 6.54 Å². The van der Waals surface area contributed by atoms with Crippen molar-refractivity contribution in [2.24, 2.45) is 0 Å². The first-order chi connectivity index (χ1) is 19.2. The molecule has 0 aliphatic carbocycles. The highest BCUT2D eigenvalue weighted by Crippen LogP contribution is 2.32. The van der Waals surface area contributed by atoms with E-state index in [-0.39, 0.29) is 0 Å². The first-order valence-electron chi connectivity index (χ1n) is 13.3. The van der Waals surface area contributed by atoms with Gasteiger partial charge in [-0.1, -0.05) is 54.6 Å². The molecule has 1 fully saturated rings. The molecule has 0 unspecified atom stereocenters. The molecule has 0 bridgehead atoms. The lowest BCUT2D eigenvalue weighted by molar-refractivity contribution is 0.202. The summed E-state index contributed by atoms with van der Waals surface area (Å²) in [6.07, 6.45) is 5.77. The van der Waals surface area contributed by atoms with Crippen molar-refractivity contribution in [2.45, 2.75) is 32.2 Å². The summed E-state index contributed by atoms with van der Waals surface area (Å²) >= 11 is 0. The predicted octanol–water partition coefficient (Wildman–Crippen LogP) is 5.52. The van der Waals surface area contributed by atoms with Crippen molar-refractivity contribution in [3.63, 3.8) is 0 Å². The smallest absolute Gasteiger partial charge is 0.252 e. The summed E-state index contributed by atoms with van der Waals surface area (Å²) < 4.78 is 7.18. The molecule has 1 saturated heterocycles. The van der Waals surface area contributed by atoms with E-state index in [9.17, 15) is 0 Å². The van der Waals surface area contributed by atoms with Crippen LogP contribution in [0.5, 0.6) is 0 Å². The summed E-state index contributed by atoms with van der Waals surface area (Å²) in [4.78, 5) is 16.6. The Morgan fingerprint density at radius 3 is 2.49 bits per heavy atom. The zero-order valence-electron chi connectivity index (χ0n) is 21.7. The summed E-state index contributed by atoms with van der Waals surface area (Å²) in [5.41, 5.74) is 5.40. The number of hydrogen-bond donors (Lipinski definition) is 1. The lowest BCUT2D eigenvalue weighted by Gasteiger charge is -2.30. The molecule has 1 aliphatic heterocycles. The summed E-state index contributed by atoms with van der Waals surface area (Å²) in [5.74, 6) is 3.97. The average molecular weight is 517 g/mol. The molecule has 194 valence electrons. The van der Waals surface area contributed by atoms with Crippen LogP contribution in [0.15, 0.2) is 83.6 Å². The van der Waals surface area contributed by atoms with Crippen LogP contribution < -0.4 is 0 Å². The number of nitrogens with zero attached hydrogens (tertiary/aromatic N) is 7. The average Bonchev–Trinajstić information content (AvgIpc) is 3.74. The lowest BCUT2D eigenvalue weighted by atomic mass is 9.95. The maximum Gasteiger partial charge on any atom is 0.252 e. The number of likely N-dealkylation sites (tertiary alicyclic amines) is 1.